The van der Waals surface area contributed by atoms with Crippen LogP contribution in [0.15, 0.2) is 0 Å². The van der Waals surface area contributed by atoms with Crippen LogP contribution in [0.3, 0.4) is 0 Å². The Kier molecular flexibility index (Phi) is 12.9. The molecule has 0 rings (SSSR count). The molecule has 0 saturated carbocycles. The van der Waals surface area contributed by atoms with Gasteiger partial charge in [-0.1, -0.05) is 27.2 Å². The lowest BCUT2D eigenvalue weighted by Crippen LogP contribution is -2.30. The van der Waals surface area contributed by atoms with Gasteiger partial charge in [0.05, 0.1) is 19.3 Å². The number of hydrogen-bond acceptors (Lipinski definition) is 3. The zero-order valence-corrected chi connectivity index (χ0v) is 11.3. The van der Waals surface area contributed by atoms with Crippen LogP contribution in [0, 0.1) is 0 Å². The summed E-state index contributed by atoms with van der Waals surface area (Å²) in [6, 6.07) is 0. The first-order valence-corrected chi connectivity index (χ1v) is 6.75. The van der Waals surface area contributed by atoms with Crippen molar-refractivity contribution in [2.75, 3.05) is 32.9 Å². The fourth-order valence-corrected chi connectivity index (χ4v) is 1.53. The van der Waals surface area contributed by atoms with Crippen molar-refractivity contribution in [3.8, 4) is 0 Å². The highest BCUT2D eigenvalue weighted by molar-refractivity contribution is 4.61. The van der Waals surface area contributed by atoms with Crippen LogP contribution in [0.5, 0.6) is 0 Å². The van der Waals surface area contributed by atoms with Crippen LogP contribution in [0.2, 0.25) is 0 Å². The molecule has 0 fully saturated rings. The van der Waals surface area contributed by atoms with Crippen molar-refractivity contribution in [1.29, 1.82) is 0 Å². The third-order valence-corrected chi connectivity index (χ3v) is 2.34. The van der Waals surface area contributed by atoms with E-state index < -0.39 is 0 Å². The molecule has 0 amide bonds. The molecule has 0 aliphatic heterocycles. The summed E-state index contributed by atoms with van der Waals surface area (Å²) < 4.78 is 11.2. The fraction of sp³-hybridized carbons (Fsp3) is 1.00. The molecule has 0 aromatic rings. The van der Waals surface area contributed by atoms with Gasteiger partial charge < -0.3 is 14.8 Å². The Morgan fingerprint density at radius 3 is 2.38 bits per heavy atom. The van der Waals surface area contributed by atoms with Gasteiger partial charge in [0.25, 0.3) is 0 Å². The van der Waals surface area contributed by atoms with Gasteiger partial charge in [0, 0.05) is 13.2 Å². The summed E-state index contributed by atoms with van der Waals surface area (Å²) in [4.78, 5) is 0. The molecule has 0 saturated heterocycles. The first kappa shape index (κ1) is 15.9. The van der Waals surface area contributed by atoms with Crippen LogP contribution >= 0.6 is 0 Å². The molecule has 1 unspecified atom stereocenters. The van der Waals surface area contributed by atoms with Crippen molar-refractivity contribution in [3.63, 3.8) is 0 Å². The molecule has 0 heterocycles. The van der Waals surface area contributed by atoms with E-state index in [-0.39, 0.29) is 0 Å². The molecular weight excluding hydrogens is 202 g/mol. The van der Waals surface area contributed by atoms with Gasteiger partial charge in [-0.3, -0.25) is 0 Å². The Labute approximate surface area is 101 Å². The Balaban J connectivity index is 3.43. The van der Waals surface area contributed by atoms with Crippen LogP contribution in [0.25, 0.3) is 0 Å². The molecule has 98 valence electrons. The molecular formula is C13H29NO2. The predicted molar refractivity (Wildman–Crippen MR) is 68.9 cm³/mol. The lowest BCUT2D eigenvalue weighted by molar-refractivity contribution is 0.00185. The topological polar surface area (TPSA) is 30.5 Å². The molecule has 0 aliphatic carbocycles. The van der Waals surface area contributed by atoms with Crippen LogP contribution in [0.1, 0.15) is 46.5 Å². The first-order valence-electron chi connectivity index (χ1n) is 6.75. The minimum atomic E-state index is 0.349. The zero-order chi connectivity index (χ0) is 12.1. The summed E-state index contributed by atoms with van der Waals surface area (Å²) in [6.45, 7) is 10.8. The van der Waals surface area contributed by atoms with Gasteiger partial charge in [-0.2, -0.15) is 0 Å². The zero-order valence-electron chi connectivity index (χ0n) is 11.3. The van der Waals surface area contributed by atoms with Crippen LogP contribution in [0.4, 0.5) is 0 Å². The van der Waals surface area contributed by atoms with E-state index in [9.17, 15) is 0 Å². The number of nitrogens with one attached hydrogen (secondary N) is 1. The summed E-state index contributed by atoms with van der Waals surface area (Å²) in [5.74, 6) is 0. The highest BCUT2D eigenvalue weighted by Gasteiger charge is 2.06. The van der Waals surface area contributed by atoms with E-state index in [1.807, 2.05) is 0 Å². The molecule has 16 heavy (non-hydrogen) atoms. The largest absolute Gasteiger partial charge is 0.379 e. The quantitative estimate of drug-likeness (QED) is 0.524. The molecule has 0 bridgehead atoms. The van der Waals surface area contributed by atoms with Gasteiger partial charge >= 0.3 is 0 Å². The monoisotopic (exact) mass is 231 g/mol. The maximum Gasteiger partial charge on any atom is 0.0704 e. The molecule has 0 spiro atoms. The molecule has 3 heteroatoms. The maximum atomic E-state index is 5.79. The molecule has 1 atom stereocenters. The van der Waals surface area contributed by atoms with Crippen LogP contribution < -0.4 is 5.32 Å². The SMILES string of the molecule is CCCNCC(CCC)OCCOCCC. The Morgan fingerprint density at radius 1 is 0.938 bits per heavy atom. The van der Waals surface area contributed by atoms with Gasteiger partial charge in [0.2, 0.25) is 0 Å². The highest BCUT2D eigenvalue weighted by atomic mass is 16.5. The van der Waals surface area contributed by atoms with Crippen molar-refractivity contribution in [2.45, 2.75) is 52.6 Å². The lowest BCUT2D eigenvalue weighted by atomic mass is 10.2. The van der Waals surface area contributed by atoms with Crippen LogP contribution in [-0.2, 0) is 9.47 Å². The van der Waals surface area contributed by atoms with Gasteiger partial charge in [-0.25, -0.2) is 0 Å². The van der Waals surface area contributed by atoms with Crippen LogP contribution in [-0.4, -0.2) is 39.0 Å². The smallest absolute Gasteiger partial charge is 0.0704 e. The van der Waals surface area contributed by atoms with E-state index in [1.165, 1.54) is 12.8 Å². The molecule has 1 N–H and O–H groups in total. The molecule has 0 aliphatic rings. The summed E-state index contributed by atoms with van der Waals surface area (Å²) in [5.41, 5.74) is 0. The van der Waals surface area contributed by atoms with Crippen molar-refractivity contribution >= 4 is 0 Å². The number of rotatable bonds is 12. The minimum Gasteiger partial charge on any atom is -0.379 e. The fourth-order valence-electron chi connectivity index (χ4n) is 1.53. The standard InChI is InChI=1S/C13H29NO2/c1-4-7-13(12-14-8-5-2)16-11-10-15-9-6-3/h13-14H,4-12H2,1-3H3. The third-order valence-electron chi connectivity index (χ3n) is 2.34. The average Bonchev–Trinajstić information content (AvgIpc) is 2.29. The van der Waals surface area contributed by atoms with Crippen molar-refractivity contribution in [3.05, 3.63) is 0 Å². The molecule has 0 radical (unpaired) electrons. The van der Waals surface area contributed by atoms with Gasteiger partial charge in [0.1, 0.15) is 0 Å². The summed E-state index contributed by atoms with van der Waals surface area (Å²) >= 11 is 0. The second-order valence-electron chi connectivity index (χ2n) is 4.10. The summed E-state index contributed by atoms with van der Waals surface area (Å²) in [7, 11) is 0. The average molecular weight is 231 g/mol. The van der Waals surface area contributed by atoms with E-state index in [4.69, 9.17) is 9.47 Å². The Hall–Kier alpha value is -0.120. The van der Waals surface area contributed by atoms with Crippen molar-refractivity contribution in [2.24, 2.45) is 0 Å². The second-order valence-corrected chi connectivity index (χ2v) is 4.10. The van der Waals surface area contributed by atoms with Gasteiger partial charge in [-0.05, 0) is 25.8 Å². The summed E-state index contributed by atoms with van der Waals surface area (Å²) in [5, 5.41) is 3.41. The summed E-state index contributed by atoms with van der Waals surface area (Å²) in [6.07, 6.45) is 4.91. The van der Waals surface area contributed by atoms with E-state index in [2.05, 4.69) is 26.1 Å². The maximum absolute atomic E-state index is 5.79. The lowest BCUT2D eigenvalue weighted by Gasteiger charge is -2.17. The van der Waals surface area contributed by atoms with Gasteiger partial charge in [-0.15, -0.1) is 0 Å². The highest BCUT2D eigenvalue weighted by Crippen LogP contribution is 2.01. The number of hydrogen-bond donors (Lipinski definition) is 1. The molecule has 0 aromatic heterocycles. The second kappa shape index (κ2) is 12.9. The number of ether oxygens (including phenoxy) is 2. The van der Waals surface area contributed by atoms with E-state index in [1.54, 1.807) is 0 Å². The minimum absolute atomic E-state index is 0.349. The first-order chi connectivity index (χ1) is 7.85. The van der Waals surface area contributed by atoms with E-state index in [0.29, 0.717) is 6.10 Å². The van der Waals surface area contributed by atoms with Gasteiger partial charge in [0.15, 0.2) is 0 Å². The van der Waals surface area contributed by atoms with Crippen molar-refractivity contribution < 1.29 is 9.47 Å². The third kappa shape index (κ3) is 10.4. The Bertz CT molecular complexity index is 131. The normalized spacial score (nSPS) is 12.9. The molecule has 3 nitrogen and oxygen atoms in total. The predicted octanol–water partition coefficient (Wildman–Crippen LogP) is 2.60. The van der Waals surface area contributed by atoms with E-state index >= 15 is 0 Å². The molecule has 0 aromatic carbocycles. The Morgan fingerprint density at radius 2 is 1.75 bits per heavy atom. The van der Waals surface area contributed by atoms with E-state index in [0.717, 1.165) is 45.8 Å². The van der Waals surface area contributed by atoms with Crippen molar-refractivity contribution in [1.82, 2.24) is 5.32 Å².